The Morgan fingerprint density at radius 3 is 2.48 bits per heavy atom. The van der Waals surface area contributed by atoms with E-state index in [0.717, 1.165) is 0 Å². The van der Waals surface area contributed by atoms with E-state index in [9.17, 15) is 4.39 Å². The van der Waals surface area contributed by atoms with Crippen LogP contribution in [0.25, 0.3) is 0 Å². The van der Waals surface area contributed by atoms with Gasteiger partial charge in [-0.15, -0.1) is 0 Å². The van der Waals surface area contributed by atoms with Crippen LogP contribution in [0.2, 0.25) is 5.02 Å². The quantitative estimate of drug-likeness (QED) is 0.915. The van der Waals surface area contributed by atoms with Gasteiger partial charge in [0, 0.05) is 11.6 Å². The molecule has 0 heterocycles. The van der Waals surface area contributed by atoms with Crippen LogP contribution in [0.4, 0.5) is 4.39 Å². The summed E-state index contributed by atoms with van der Waals surface area (Å²) in [6.07, 6.45) is 0.353. The molecule has 2 N–H and O–H groups in total. The molecule has 21 heavy (non-hydrogen) atoms. The first kappa shape index (κ1) is 15.6. The molecule has 0 fully saturated rings. The maximum absolute atomic E-state index is 13.7. The van der Waals surface area contributed by atoms with Crippen LogP contribution >= 0.6 is 11.6 Å². The van der Waals surface area contributed by atoms with Crippen molar-refractivity contribution in [3.63, 3.8) is 0 Å². The fourth-order valence-electron chi connectivity index (χ4n) is 2.22. The minimum Gasteiger partial charge on any atom is -0.495 e. The van der Waals surface area contributed by atoms with E-state index >= 15 is 0 Å². The van der Waals surface area contributed by atoms with Gasteiger partial charge in [-0.3, -0.25) is 0 Å². The van der Waals surface area contributed by atoms with Crippen LogP contribution in [0.5, 0.6) is 11.5 Å². The van der Waals surface area contributed by atoms with Gasteiger partial charge in [-0.1, -0.05) is 29.8 Å². The van der Waals surface area contributed by atoms with E-state index in [2.05, 4.69) is 0 Å². The Balaban J connectivity index is 2.33. The number of hydrogen-bond donors (Lipinski definition) is 1. The molecule has 0 saturated carbocycles. The largest absolute Gasteiger partial charge is 0.495 e. The fourth-order valence-corrected chi connectivity index (χ4v) is 2.55. The Morgan fingerprint density at radius 2 is 1.86 bits per heavy atom. The topological polar surface area (TPSA) is 44.5 Å². The molecule has 0 bridgehead atoms. The maximum atomic E-state index is 13.7. The Hall–Kier alpha value is -1.78. The monoisotopic (exact) mass is 309 g/mol. The van der Waals surface area contributed by atoms with E-state index in [-0.39, 0.29) is 5.82 Å². The highest BCUT2D eigenvalue weighted by Crippen LogP contribution is 2.39. The summed E-state index contributed by atoms with van der Waals surface area (Å²) >= 11 is 6.21. The van der Waals surface area contributed by atoms with Crippen LogP contribution in [-0.4, -0.2) is 14.2 Å². The standard InChI is InChI=1S/C16H17ClFNO2/c1-20-14-8-7-11(16(21-2)15(14)17)13(19)9-10-5-3-4-6-12(10)18/h3-8,13H,9,19H2,1-2H3. The van der Waals surface area contributed by atoms with Gasteiger partial charge < -0.3 is 15.2 Å². The Labute approximate surface area is 128 Å². The first-order valence-electron chi connectivity index (χ1n) is 6.47. The molecule has 0 amide bonds. The highest BCUT2D eigenvalue weighted by Gasteiger charge is 2.19. The second-order valence-electron chi connectivity index (χ2n) is 4.61. The molecule has 0 aliphatic carbocycles. The Bertz CT molecular complexity index is 634. The summed E-state index contributed by atoms with van der Waals surface area (Å²) in [4.78, 5) is 0. The minimum absolute atomic E-state index is 0.272. The molecule has 0 spiro atoms. The number of hydrogen-bond acceptors (Lipinski definition) is 3. The molecule has 0 saturated heterocycles. The SMILES string of the molecule is COc1ccc(C(N)Cc2ccccc2F)c(OC)c1Cl. The molecule has 1 atom stereocenters. The van der Waals surface area contributed by atoms with Crippen LogP contribution in [0, 0.1) is 5.82 Å². The third-order valence-electron chi connectivity index (χ3n) is 3.31. The summed E-state index contributed by atoms with van der Waals surface area (Å²) in [7, 11) is 3.04. The van der Waals surface area contributed by atoms with Crippen molar-refractivity contribution in [2.45, 2.75) is 12.5 Å². The summed E-state index contributed by atoms with van der Waals surface area (Å²) in [5, 5.41) is 0.362. The van der Waals surface area contributed by atoms with Crippen molar-refractivity contribution in [2.24, 2.45) is 5.73 Å². The summed E-state index contributed by atoms with van der Waals surface area (Å²) < 4.78 is 24.2. The van der Waals surface area contributed by atoms with Gasteiger partial charge in [0.15, 0.2) is 0 Å². The van der Waals surface area contributed by atoms with Gasteiger partial charge >= 0.3 is 0 Å². The third kappa shape index (κ3) is 3.28. The first-order valence-corrected chi connectivity index (χ1v) is 6.85. The van der Waals surface area contributed by atoms with Crippen molar-refractivity contribution in [3.8, 4) is 11.5 Å². The number of benzene rings is 2. The van der Waals surface area contributed by atoms with Crippen LogP contribution in [0.15, 0.2) is 36.4 Å². The van der Waals surface area contributed by atoms with E-state index in [4.69, 9.17) is 26.8 Å². The van der Waals surface area contributed by atoms with Crippen molar-refractivity contribution < 1.29 is 13.9 Å². The predicted molar refractivity (Wildman–Crippen MR) is 81.6 cm³/mol. The van der Waals surface area contributed by atoms with E-state index in [1.165, 1.54) is 20.3 Å². The molecule has 0 radical (unpaired) electrons. The molecule has 2 rings (SSSR count). The summed E-state index contributed by atoms with van der Waals surface area (Å²) in [6, 6.07) is 9.64. The smallest absolute Gasteiger partial charge is 0.146 e. The average molecular weight is 310 g/mol. The van der Waals surface area contributed by atoms with Crippen LogP contribution in [-0.2, 0) is 6.42 Å². The number of methoxy groups -OCH3 is 2. The van der Waals surface area contributed by atoms with Gasteiger partial charge in [0.05, 0.1) is 14.2 Å². The normalized spacial score (nSPS) is 12.0. The summed E-state index contributed by atoms with van der Waals surface area (Å²) in [6.45, 7) is 0. The first-order chi connectivity index (χ1) is 10.1. The van der Waals surface area contributed by atoms with Crippen molar-refractivity contribution in [3.05, 3.63) is 58.4 Å². The summed E-state index contributed by atoms with van der Waals surface area (Å²) in [5.41, 5.74) is 7.46. The third-order valence-corrected chi connectivity index (χ3v) is 3.67. The molecular weight excluding hydrogens is 293 g/mol. The molecule has 0 aliphatic rings. The molecule has 1 unspecified atom stereocenters. The fraction of sp³-hybridized carbons (Fsp3) is 0.250. The van der Waals surface area contributed by atoms with E-state index in [1.807, 2.05) is 0 Å². The van der Waals surface area contributed by atoms with E-state index < -0.39 is 6.04 Å². The molecule has 5 heteroatoms. The second-order valence-corrected chi connectivity index (χ2v) is 4.98. The molecule has 0 aliphatic heterocycles. The molecule has 2 aromatic rings. The van der Waals surface area contributed by atoms with E-state index in [0.29, 0.717) is 34.1 Å². The maximum Gasteiger partial charge on any atom is 0.146 e. The molecule has 2 aromatic carbocycles. The highest BCUT2D eigenvalue weighted by molar-refractivity contribution is 6.33. The summed E-state index contributed by atoms with van der Waals surface area (Å²) in [5.74, 6) is 0.696. The zero-order chi connectivity index (χ0) is 15.4. The van der Waals surface area contributed by atoms with Gasteiger partial charge in [0.25, 0.3) is 0 Å². The average Bonchev–Trinajstić information content (AvgIpc) is 2.49. The Kier molecular flexibility index (Phi) is 5.04. The highest BCUT2D eigenvalue weighted by atomic mass is 35.5. The van der Waals surface area contributed by atoms with Crippen LogP contribution < -0.4 is 15.2 Å². The van der Waals surface area contributed by atoms with Crippen molar-refractivity contribution in [1.82, 2.24) is 0 Å². The van der Waals surface area contributed by atoms with Gasteiger partial charge in [0.1, 0.15) is 22.3 Å². The number of nitrogens with two attached hydrogens (primary N) is 1. The van der Waals surface area contributed by atoms with Crippen molar-refractivity contribution in [1.29, 1.82) is 0 Å². The number of rotatable bonds is 5. The lowest BCUT2D eigenvalue weighted by Gasteiger charge is -2.18. The van der Waals surface area contributed by atoms with Gasteiger partial charge in [-0.25, -0.2) is 4.39 Å². The zero-order valence-electron chi connectivity index (χ0n) is 11.9. The lowest BCUT2D eigenvalue weighted by atomic mass is 9.98. The zero-order valence-corrected chi connectivity index (χ0v) is 12.7. The number of halogens is 2. The van der Waals surface area contributed by atoms with Crippen LogP contribution in [0.3, 0.4) is 0 Å². The molecule has 0 aromatic heterocycles. The van der Waals surface area contributed by atoms with E-state index in [1.54, 1.807) is 30.3 Å². The number of ether oxygens (including phenoxy) is 2. The minimum atomic E-state index is -0.430. The predicted octanol–water partition coefficient (Wildman–Crippen LogP) is 3.74. The Morgan fingerprint density at radius 1 is 1.14 bits per heavy atom. The lowest BCUT2D eigenvalue weighted by Crippen LogP contribution is -2.15. The second kappa shape index (κ2) is 6.78. The van der Waals surface area contributed by atoms with Gasteiger partial charge in [0.2, 0.25) is 0 Å². The lowest BCUT2D eigenvalue weighted by molar-refractivity contribution is 0.388. The molecule has 3 nitrogen and oxygen atoms in total. The van der Waals surface area contributed by atoms with Crippen molar-refractivity contribution in [2.75, 3.05) is 14.2 Å². The van der Waals surface area contributed by atoms with Gasteiger partial charge in [-0.2, -0.15) is 0 Å². The van der Waals surface area contributed by atoms with Crippen LogP contribution in [0.1, 0.15) is 17.2 Å². The van der Waals surface area contributed by atoms with Crippen molar-refractivity contribution >= 4 is 11.6 Å². The molecular formula is C16H17ClFNO2. The van der Waals surface area contributed by atoms with Gasteiger partial charge in [-0.05, 0) is 30.2 Å². The molecule has 112 valence electrons.